The van der Waals surface area contributed by atoms with E-state index in [4.69, 9.17) is 0 Å². The molecule has 0 nitrogen and oxygen atoms in total. The number of alkyl halides is 5. The number of hydrogen-bond acceptors (Lipinski definition) is 0. The summed E-state index contributed by atoms with van der Waals surface area (Å²) in [7, 11) is 0. The first-order valence-electron chi connectivity index (χ1n) is 5.64. The van der Waals surface area contributed by atoms with Gasteiger partial charge in [-0.3, -0.25) is 0 Å². The van der Waals surface area contributed by atoms with E-state index in [-0.39, 0.29) is 5.56 Å². The molecular formula is C14H11BrF4. The Morgan fingerprint density at radius 1 is 1.05 bits per heavy atom. The van der Waals surface area contributed by atoms with Gasteiger partial charge in [0.2, 0.25) is 0 Å². The van der Waals surface area contributed by atoms with Crippen LogP contribution in [0.2, 0.25) is 0 Å². The molecule has 19 heavy (non-hydrogen) atoms. The fourth-order valence-corrected chi connectivity index (χ4v) is 2.85. The Bertz CT molecular complexity index is 595. The molecule has 0 heterocycles. The molecule has 0 bridgehead atoms. The van der Waals surface area contributed by atoms with Gasteiger partial charge in [-0.1, -0.05) is 52.3 Å². The molecule has 0 saturated heterocycles. The summed E-state index contributed by atoms with van der Waals surface area (Å²) in [5, 5.41) is 1.31. The lowest BCUT2D eigenvalue weighted by atomic mass is 9.95. The number of benzene rings is 2. The zero-order valence-electron chi connectivity index (χ0n) is 10.0. The van der Waals surface area contributed by atoms with Gasteiger partial charge in [-0.2, -0.15) is 8.78 Å². The highest BCUT2D eigenvalue weighted by Gasteiger charge is 2.49. The van der Waals surface area contributed by atoms with E-state index in [1.54, 1.807) is 43.3 Å². The van der Waals surface area contributed by atoms with Gasteiger partial charge in [0.25, 0.3) is 0 Å². The lowest BCUT2D eigenvalue weighted by Crippen LogP contribution is -2.31. The predicted octanol–water partition coefficient (Wildman–Crippen LogP) is 5.48. The summed E-state index contributed by atoms with van der Waals surface area (Å²) in [6, 6.07) is 10.3. The van der Waals surface area contributed by atoms with Crippen molar-refractivity contribution in [2.24, 2.45) is 0 Å². The van der Waals surface area contributed by atoms with Crippen molar-refractivity contribution in [2.45, 2.75) is 24.1 Å². The molecule has 1 atom stereocenters. The molecule has 0 N–H and O–H groups in total. The smallest absolute Gasteiger partial charge is 0.204 e. The zero-order chi connectivity index (χ0) is 14.2. The van der Waals surface area contributed by atoms with Crippen molar-refractivity contribution in [1.29, 1.82) is 0 Å². The van der Waals surface area contributed by atoms with Crippen LogP contribution in [0.1, 0.15) is 16.0 Å². The van der Waals surface area contributed by atoms with E-state index in [1.165, 1.54) is 0 Å². The first kappa shape index (κ1) is 14.3. The van der Waals surface area contributed by atoms with E-state index >= 15 is 0 Å². The van der Waals surface area contributed by atoms with Crippen molar-refractivity contribution in [3.05, 3.63) is 47.5 Å². The molecule has 0 saturated carbocycles. The average Bonchev–Trinajstić information content (AvgIpc) is 2.37. The maximum atomic E-state index is 13.5. The van der Waals surface area contributed by atoms with E-state index in [9.17, 15) is 17.6 Å². The quantitative estimate of drug-likeness (QED) is 0.514. The maximum absolute atomic E-state index is 13.5. The molecule has 0 spiro atoms. The van der Waals surface area contributed by atoms with E-state index in [0.717, 1.165) is 5.39 Å². The second-order valence-corrected chi connectivity index (χ2v) is 5.27. The number of aryl methyl sites for hydroxylation is 1. The lowest BCUT2D eigenvalue weighted by molar-refractivity contribution is -0.127. The van der Waals surface area contributed by atoms with Crippen molar-refractivity contribution in [1.82, 2.24) is 0 Å². The lowest BCUT2D eigenvalue weighted by Gasteiger charge is -2.24. The van der Waals surface area contributed by atoms with Gasteiger partial charge < -0.3 is 0 Å². The van der Waals surface area contributed by atoms with E-state index in [0.29, 0.717) is 10.9 Å². The minimum absolute atomic E-state index is 0.211. The average molecular weight is 335 g/mol. The number of rotatable bonds is 3. The molecule has 0 aliphatic heterocycles. The monoisotopic (exact) mass is 334 g/mol. The molecule has 0 aliphatic carbocycles. The van der Waals surface area contributed by atoms with Gasteiger partial charge in [-0.15, -0.1) is 0 Å². The highest BCUT2D eigenvalue weighted by Crippen LogP contribution is 2.45. The van der Waals surface area contributed by atoms with Gasteiger partial charge in [0.1, 0.15) is 4.83 Å². The van der Waals surface area contributed by atoms with Gasteiger partial charge in [0, 0.05) is 0 Å². The Hall–Kier alpha value is -1.10. The molecule has 0 aliphatic rings. The first-order valence-corrected chi connectivity index (χ1v) is 6.55. The normalized spacial score (nSPS) is 14.1. The number of hydrogen-bond donors (Lipinski definition) is 0. The van der Waals surface area contributed by atoms with Crippen LogP contribution in [0.15, 0.2) is 36.4 Å². The molecular weight excluding hydrogens is 324 g/mol. The Labute approximate surface area is 116 Å². The van der Waals surface area contributed by atoms with Gasteiger partial charge >= 0.3 is 12.3 Å². The topological polar surface area (TPSA) is 0 Å². The molecule has 0 amide bonds. The zero-order valence-corrected chi connectivity index (χ0v) is 11.6. The Kier molecular flexibility index (Phi) is 3.85. The second kappa shape index (κ2) is 5.12. The fraction of sp³-hybridized carbons (Fsp3) is 0.286. The van der Waals surface area contributed by atoms with Gasteiger partial charge in [-0.05, 0) is 28.8 Å². The molecule has 0 fully saturated rings. The van der Waals surface area contributed by atoms with Crippen LogP contribution in [-0.4, -0.2) is 12.3 Å². The molecule has 2 aromatic rings. The number of fused-ring (bicyclic) bond motifs is 1. The Morgan fingerprint density at radius 3 is 2.32 bits per heavy atom. The standard InChI is InChI=1S/C14H11BrF4/c1-8-6-7-9-4-2-3-5-10(9)11(8)12(15)14(18,19)13(16)17/h2-7,12-13H,1H3. The summed E-state index contributed by atoms with van der Waals surface area (Å²) in [6.07, 6.45) is -3.71. The van der Waals surface area contributed by atoms with Gasteiger partial charge in [-0.25, -0.2) is 8.78 Å². The summed E-state index contributed by atoms with van der Waals surface area (Å²) in [5.74, 6) is -4.12. The second-order valence-electron chi connectivity index (χ2n) is 4.36. The van der Waals surface area contributed by atoms with Crippen molar-refractivity contribution < 1.29 is 17.6 Å². The van der Waals surface area contributed by atoms with Crippen LogP contribution >= 0.6 is 15.9 Å². The highest BCUT2D eigenvalue weighted by molar-refractivity contribution is 9.09. The van der Waals surface area contributed by atoms with E-state index in [2.05, 4.69) is 15.9 Å². The molecule has 102 valence electrons. The summed E-state index contributed by atoms with van der Waals surface area (Å²) in [4.78, 5) is -1.72. The first-order chi connectivity index (χ1) is 8.85. The van der Waals surface area contributed by atoms with Gasteiger partial charge in [0.15, 0.2) is 0 Å². The third kappa shape index (κ3) is 2.48. The third-order valence-corrected chi connectivity index (χ3v) is 4.14. The molecule has 0 aromatic heterocycles. The van der Waals surface area contributed by atoms with Crippen LogP contribution < -0.4 is 0 Å². The van der Waals surface area contributed by atoms with Gasteiger partial charge in [0.05, 0.1) is 0 Å². The molecule has 0 radical (unpaired) electrons. The molecule has 1 unspecified atom stereocenters. The van der Waals surface area contributed by atoms with Crippen LogP contribution in [0.3, 0.4) is 0 Å². The SMILES string of the molecule is Cc1ccc2ccccc2c1C(Br)C(F)(F)C(F)F. The van der Waals surface area contributed by atoms with Crippen molar-refractivity contribution in [3.8, 4) is 0 Å². The van der Waals surface area contributed by atoms with Crippen LogP contribution in [0.4, 0.5) is 17.6 Å². The van der Waals surface area contributed by atoms with E-state index < -0.39 is 17.2 Å². The fourth-order valence-electron chi connectivity index (χ4n) is 2.04. The highest BCUT2D eigenvalue weighted by atomic mass is 79.9. The molecule has 2 aromatic carbocycles. The summed E-state index contributed by atoms with van der Waals surface area (Å²) in [5.41, 5.74) is 0.768. The van der Waals surface area contributed by atoms with Crippen molar-refractivity contribution >= 4 is 26.7 Å². The maximum Gasteiger partial charge on any atom is 0.323 e. The minimum atomic E-state index is -4.12. The van der Waals surface area contributed by atoms with Crippen LogP contribution in [0, 0.1) is 6.92 Å². The van der Waals surface area contributed by atoms with Crippen LogP contribution in [0.5, 0.6) is 0 Å². The summed E-state index contributed by atoms with van der Waals surface area (Å²) < 4.78 is 52.1. The largest absolute Gasteiger partial charge is 0.323 e. The molecule has 5 heteroatoms. The van der Waals surface area contributed by atoms with Crippen molar-refractivity contribution in [3.63, 3.8) is 0 Å². The predicted molar refractivity (Wildman–Crippen MR) is 71.3 cm³/mol. The summed E-state index contributed by atoms with van der Waals surface area (Å²) in [6.45, 7) is 1.64. The van der Waals surface area contributed by atoms with E-state index in [1.807, 2.05) is 0 Å². The minimum Gasteiger partial charge on any atom is -0.204 e. The van der Waals surface area contributed by atoms with Crippen LogP contribution in [-0.2, 0) is 0 Å². The number of halogens is 5. The third-order valence-electron chi connectivity index (χ3n) is 3.07. The van der Waals surface area contributed by atoms with Crippen molar-refractivity contribution in [2.75, 3.05) is 0 Å². The molecule has 2 rings (SSSR count). The Morgan fingerprint density at radius 2 is 1.68 bits per heavy atom. The van der Waals surface area contributed by atoms with Crippen LogP contribution in [0.25, 0.3) is 10.8 Å². The summed E-state index contributed by atoms with van der Waals surface area (Å²) >= 11 is 2.75. The Balaban J connectivity index is 2.65.